The van der Waals surface area contributed by atoms with Crippen LogP contribution >= 0.6 is 24.0 Å². The Labute approximate surface area is 187 Å². The molecule has 0 saturated heterocycles. The third-order valence-electron chi connectivity index (χ3n) is 4.86. The van der Waals surface area contributed by atoms with Crippen LogP contribution in [0.1, 0.15) is 52.5 Å². The van der Waals surface area contributed by atoms with Crippen LogP contribution in [0.3, 0.4) is 0 Å². The van der Waals surface area contributed by atoms with E-state index in [-0.39, 0.29) is 24.0 Å². The van der Waals surface area contributed by atoms with Crippen LogP contribution in [0.2, 0.25) is 0 Å². The zero-order valence-electron chi connectivity index (χ0n) is 18.1. The average molecular weight is 503 g/mol. The lowest BCUT2D eigenvalue weighted by molar-refractivity contribution is 0.173. The first-order chi connectivity index (χ1) is 13.0. The highest BCUT2D eigenvalue weighted by atomic mass is 127. The first-order valence-corrected chi connectivity index (χ1v) is 10.3. The third kappa shape index (κ3) is 9.41. The summed E-state index contributed by atoms with van der Waals surface area (Å²) >= 11 is 0. The minimum absolute atomic E-state index is 0. The van der Waals surface area contributed by atoms with Gasteiger partial charge in [-0.25, -0.2) is 4.98 Å². The van der Waals surface area contributed by atoms with Crippen molar-refractivity contribution in [1.82, 2.24) is 20.5 Å². The van der Waals surface area contributed by atoms with Crippen LogP contribution in [0.5, 0.6) is 5.88 Å². The van der Waals surface area contributed by atoms with Crippen molar-refractivity contribution in [2.45, 2.75) is 65.6 Å². The number of aromatic nitrogens is 1. The van der Waals surface area contributed by atoms with Crippen molar-refractivity contribution in [3.8, 4) is 5.88 Å². The number of hydrogen-bond donors (Lipinski definition) is 2. The second kappa shape index (κ2) is 13.2. The molecule has 2 N–H and O–H groups in total. The van der Waals surface area contributed by atoms with Crippen LogP contribution in [0.4, 0.5) is 0 Å². The Morgan fingerprint density at radius 2 is 1.96 bits per heavy atom. The second-order valence-corrected chi connectivity index (χ2v) is 7.89. The van der Waals surface area contributed by atoms with Crippen LogP contribution < -0.4 is 15.4 Å². The van der Waals surface area contributed by atoms with Crippen LogP contribution in [-0.2, 0) is 6.54 Å². The van der Waals surface area contributed by atoms with E-state index in [1.54, 1.807) is 7.05 Å². The fraction of sp³-hybridized carbons (Fsp3) is 0.714. The van der Waals surface area contributed by atoms with Gasteiger partial charge in [-0.05, 0) is 64.5 Å². The normalized spacial score (nSPS) is 14.4. The minimum atomic E-state index is 0. The SMILES string of the molecule is CN=C(NCCCN(C(C)C)C(C)C)NCc1ccnc(OCC2CC2)c1.I. The van der Waals surface area contributed by atoms with E-state index in [1.165, 1.54) is 12.8 Å². The van der Waals surface area contributed by atoms with Gasteiger partial charge >= 0.3 is 0 Å². The lowest BCUT2D eigenvalue weighted by Gasteiger charge is -2.30. The molecule has 0 spiro atoms. The molecule has 7 heteroatoms. The molecule has 1 fully saturated rings. The number of pyridine rings is 1. The van der Waals surface area contributed by atoms with Gasteiger partial charge in [0.1, 0.15) is 0 Å². The summed E-state index contributed by atoms with van der Waals surface area (Å²) in [5.74, 6) is 2.28. The second-order valence-electron chi connectivity index (χ2n) is 7.89. The number of guanidine groups is 1. The summed E-state index contributed by atoms with van der Waals surface area (Å²) in [5, 5.41) is 6.77. The molecular formula is C21H38IN5O. The summed E-state index contributed by atoms with van der Waals surface area (Å²) in [6.07, 6.45) is 5.47. The summed E-state index contributed by atoms with van der Waals surface area (Å²) in [6, 6.07) is 5.16. The van der Waals surface area contributed by atoms with E-state index in [0.717, 1.165) is 43.6 Å². The molecule has 0 atom stereocenters. The monoisotopic (exact) mass is 503 g/mol. The Kier molecular flexibility index (Phi) is 11.8. The Hall–Kier alpha value is -1.09. The van der Waals surface area contributed by atoms with Crippen molar-refractivity contribution in [3.05, 3.63) is 23.9 Å². The van der Waals surface area contributed by atoms with E-state index >= 15 is 0 Å². The maximum atomic E-state index is 5.75. The van der Waals surface area contributed by atoms with Gasteiger partial charge in [0.2, 0.25) is 5.88 Å². The van der Waals surface area contributed by atoms with Crippen molar-refractivity contribution in [3.63, 3.8) is 0 Å². The molecule has 0 radical (unpaired) electrons. The number of nitrogens with zero attached hydrogens (tertiary/aromatic N) is 3. The van der Waals surface area contributed by atoms with Crippen molar-refractivity contribution in [1.29, 1.82) is 0 Å². The number of hydrogen-bond acceptors (Lipinski definition) is 4. The molecule has 1 aromatic rings. The predicted octanol–water partition coefficient (Wildman–Crippen LogP) is 3.66. The Balaban J connectivity index is 0.00000392. The molecule has 1 aromatic heterocycles. The first-order valence-electron chi connectivity index (χ1n) is 10.3. The molecule has 6 nitrogen and oxygen atoms in total. The summed E-state index contributed by atoms with van der Waals surface area (Å²) < 4.78 is 5.75. The number of ether oxygens (including phenoxy) is 1. The summed E-state index contributed by atoms with van der Waals surface area (Å²) in [6.45, 7) is 12.5. The number of rotatable bonds is 11. The van der Waals surface area contributed by atoms with Gasteiger partial charge in [0.25, 0.3) is 0 Å². The molecule has 0 aromatic carbocycles. The number of aliphatic imine (C=N–C) groups is 1. The quantitative estimate of drug-likeness (QED) is 0.209. The maximum Gasteiger partial charge on any atom is 0.213 e. The molecular weight excluding hydrogens is 465 g/mol. The lowest BCUT2D eigenvalue weighted by Crippen LogP contribution is -2.41. The van der Waals surface area contributed by atoms with Gasteiger partial charge in [-0.1, -0.05) is 0 Å². The topological polar surface area (TPSA) is 61.8 Å². The van der Waals surface area contributed by atoms with E-state index in [2.05, 4.69) is 53.2 Å². The fourth-order valence-corrected chi connectivity index (χ4v) is 3.11. The maximum absolute atomic E-state index is 5.75. The fourth-order valence-electron chi connectivity index (χ4n) is 3.11. The largest absolute Gasteiger partial charge is 0.477 e. The third-order valence-corrected chi connectivity index (χ3v) is 4.86. The highest BCUT2D eigenvalue weighted by molar-refractivity contribution is 14.0. The van der Waals surface area contributed by atoms with Gasteiger partial charge in [0, 0.05) is 51.0 Å². The predicted molar refractivity (Wildman–Crippen MR) is 128 cm³/mol. The zero-order valence-corrected chi connectivity index (χ0v) is 20.4. The van der Waals surface area contributed by atoms with Gasteiger partial charge < -0.3 is 15.4 Å². The summed E-state index contributed by atoms with van der Waals surface area (Å²) in [5.41, 5.74) is 1.14. The highest BCUT2D eigenvalue weighted by Gasteiger charge is 2.22. The molecule has 2 rings (SSSR count). The van der Waals surface area contributed by atoms with E-state index in [1.807, 2.05) is 18.3 Å². The smallest absolute Gasteiger partial charge is 0.213 e. The van der Waals surface area contributed by atoms with Crippen LogP contribution in [0.25, 0.3) is 0 Å². The van der Waals surface area contributed by atoms with Crippen LogP contribution in [0.15, 0.2) is 23.3 Å². The van der Waals surface area contributed by atoms with Gasteiger partial charge in [0.05, 0.1) is 6.61 Å². The van der Waals surface area contributed by atoms with E-state index in [0.29, 0.717) is 24.5 Å². The minimum Gasteiger partial charge on any atom is -0.477 e. The number of nitrogens with one attached hydrogen (secondary N) is 2. The lowest BCUT2D eigenvalue weighted by atomic mass is 10.2. The molecule has 1 aliphatic carbocycles. The van der Waals surface area contributed by atoms with Gasteiger partial charge in [-0.3, -0.25) is 9.89 Å². The molecule has 1 saturated carbocycles. The molecule has 1 heterocycles. The van der Waals surface area contributed by atoms with Crippen LogP contribution in [-0.4, -0.2) is 54.7 Å². The molecule has 160 valence electrons. The molecule has 1 aliphatic rings. The van der Waals surface area contributed by atoms with Crippen molar-refractivity contribution in [2.75, 3.05) is 26.7 Å². The Morgan fingerprint density at radius 3 is 2.57 bits per heavy atom. The molecule has 0 amide bonds. The zero-order chi connectivity index (χ0) is 19.6. The summed E-state index contributed by atoms with van der Waals surface area (Å²) in [4.78, 5) is 11.1. The summed E-state index contributed by atoms with van der Waals surface area (Å²) in [7, 11) is 1.81. The number of halogens is 1. The van der Waals surface area contributed by atoms with E-state index < -0.39 is 0 Å². The van der Waals surface area contributed by atoms with E-state index in [9.17, 15) is 0 Å². The van der Waals surface area contributed by atoms with E-state index in [4.69, 9.17) is 4.74 Å². The van der Waals surface area contributed by atoms with Crippen molar-refractivity contribution < 1.29 is 4.74 Å². The highest BCUT2D eigenvalue weighted by Crippen LogP contribution is 2.29. The molecule has 0 bridgehead atoms. The average Bonchev–Trinajstić information content (AvgIpc) is 3.46. The van der Waals surface area contributed by atoms with Gasteiger partial charge in [0.15, 0.2) is 5.96 Å². The first kappa shape index (κ1) is 24.9. The standard InChI is InChI=1S/C21H37N5O.HI/c1-16(2)26(17(3)4)12-6-10-24-21(22-5)25-14-19-9-11-23-20(13-19)27-15-18-7-8-18;/h9,11,13,16-18H,6-8,10,12,14-15H2,1-5H3,(H2,22,24,25);1H. The van der Waals surface area contributed by atoms with Gasteiger partial charge in [-0.2, -0.15) is 0 Å². The van der Waals surface area contributed by atoms with Crippen LogP contribution in [0, 0.1) is 5.92 Å². The molecule has 0 unspecified atom stereocenters. The Bertz CT molecular complexity index is 582. The molecule has 0 aliphatic heterocycles. The van der Waals surface area contributed by atoms with Crippen molar-refractivity contribution in [2.24, 2.45) is 10.9 Å². The Morgan fingerprint density at radius 1 is 1.25 bits per heavy atom. The van der Waals surface area contributed by atoms with Crippen molar-refractivity contribution >= 4 is 29.9 Å². The molecule has 28 heavy (non-hydrogen) atoms. The van der Waals surface area contributed by atoms with Gasteiger partial charge in [-0.15, -0.1) is 24.0 Å².